The number of hydrogen-bond donors (Lipinski definition) is 1. The molecule has 1 atom stereocenters. The van der Waals surface area contributed by atoms with Crippen LogP contribution in [0.2, 0.25) is 15.1 Å². The Labute approximate surface area is 235 Å². The molecule has 196 valence electrons. The molecule has 2 aromatic carbocycles. The maximum absolute atomic E-state index is 13.6. The minimum absolute atomic E-state index is 0.0207. The first kappa shape index (κ1) is 29.0. The third-order valence-electron chi connectivity index (χ3n) is 6.05. The van der Waals surface area contributed by atoms with Gasteiger partial charge in [0.2, 0.25) is 21.8 Å². The molecule has 0 heterocycles. The van der Waals surface area contributed by atoms with Crippen LogP contribution in [0.25, 0.3) is 0 Å². The van der Waals surface area contributed by atoms with Crippen molar-refractivity contribution in [1.82, 2.24) is 10.2 Å². The monoisotopic (exact) mass is 637 g/mol. The van der Waals surface area contributed by atoms with E-state index in [1.165, 1.54) is 17.0 Å². The molecule has 0 aromatic heterocycles. The van der Waals surface area contributed by atoms with Crippen LogP contribution in [0.5, 0.6) is 0 Å². The maximum atomic E-state index is 13.6. The topological polar surface area (TPSA) is 86.8 Å². The standard InChI is InChI=1S/C24H27BrCl3N3O4S/c1-15(24(33)29-18-8-3-4-9-18)30(13-16-6-5-7-17(25)10-16)23(32)14-31(36(2,34)35)22-12-20(27)19(26)11-21(22)28/h5-7,10-12,15,18H,3-4,8-9,13-14H2,1-2H3,(H,29,33). The quantitative estimate of drug-likeness (QED) is 0.360. The smallest absolute Gasteiger partial charge is 0.244 e. The van der Waals surface area contributed by atoms with E-state index >= 15 is 0 Å². The van der Waals surface area contributed by atoms with Gasteiger partial charge in [-0.05, 0) is 49.6 Å². The molecule has 1 N–H and O–H groups in total. The van der Waals surface area contributed by atoms with Gasteiger partial charge in [-0.25, -0.2) is 8.42 Å². The zero-order valence-electron chi connectivity index (χ0n) is 19.8. The summed E-state index contributed by atoms with van der Waals surface area (Å²) < 4.78 is 27.1. The van der Waals surface area contributed by atoms with Gasteiger partial charge in [0.05, 0.1) is 27.0 Å². The molecule has 36 heavy (non-hydrogen) atoms. The van der Waals surface area contributed by atoms with E-state index in [-0.39, 0.29) is 39.2 Å². The van der Waals surface area contributed by atoms with Crippen molar-refractivity contribution in [2.24, 2.45) is 0 Å². The molecular weight excluding hydrogens is 613 g/mol. The Morgan fingerprint density at radius 3 is 2.33 bits per heavy atom. The van der Waals surface area contributed by atoms with Crippen LogP contribution in [0.3, 0.4) is 0 Å². The van der Waals surface area contributed by atoms with E-state index in [1.54, 1.807) is 6.92 Å². The van der Waals surface area contributed by atoms with Gasteiger partial charge in [-0.15, -0.1) is 0 Å². The van der Waals surface area contributed by atoms with Crippen LogP contribution in [0, 0.1) is 0 Å². The van der Waals surface area contributed by atoms with Gasteiger partial charge in [0.1, 0.15) is 12.6 Å². The van der Waals surface area contributed by atoms with Gasteiger partial charge in [-0.2, -0.15) is 0 Å². The van der Waals surface area contributed by atoms with Crippen molar-refractivity contribution in [2.75, 3.05) is 17.1 Å². The van der Waals surface area contributed by atoms with Gasteiger partial charge >= 0.3 is 0 Å². The molecule has 1 aliphatic rings. The molecule has 0 aliphatic heterocycles. The van der Waals surface area contributed by atoms with E-state index in [9.17, 15) is 18.0 Å². The fourth-order valence-electron chi connectivity index (χ4n) is 4.10. The summed E-state index contributed by atoms with van der Waals surface area (Å²) in [7, 11) is -3.95. The van der Waals surface area contributed by atoms with Gasteiger partial charge in [-0.3, -0.25) is 13.9 Å². The van der Waals surface area contributed by atoms with Crippen molar-refractivity contribution in [3.05, 3.63) is 61.5 Å². The first-order chi connectivity index (χ1) is 16.9. The predicted molar refractivity (Wildman–Crippen MR) is 148 cm³/mol. The third-order valence-corrected chi connectivity index (χ3v) is 8.69. The van der Waals surface area contributed by atoms with Gasteiger partial charge in [-0.1, -0.05) is 75.7 Å². The lowest BCUT2D eigenvalue weighted by atomic mass is 10.1. The highest BCUT2D eigenvalue weighted by Gasteiger charge is 2.32. The molecule has 2 amide bonds. The number of amides is 2. The van der Waals surface area contributed by atoms with Crippen LogP contribution in [0.4, 0.5) is 5.69 Å². The average Bonchev–Trinajstić information content (AvgIpc) is 3.30. The molecule has 1 fully saturated rings. The summed E-state index contributed by atoms with van der Waals surface area (Å²) in [5.41, 5.74) is 0.795. The normalized spacial score (nSPS) is 14.9. The molecule has 7 nitrogen and oxygen atoms in total. The largest absolute Gasteiger partial charge is 0.352 e. The van der Waals surface area contributed by atoms with Gasteiger partial charge in [0, 0.05) is 17.1 Å². The first-order valence-electron chi connectivity index (χ1n) is 11.3. The van der Waals surface area contributed by atoms with Crippen molar-refractivity contribution in [3.8, 4) is 0 Å². The van der Waals surface area contributed by atoms with Crippen molar-refractivity contribution < 1.29 is 18.0 Å². The number of sulfonamides is 1. The van der Waals surface area contributed by atoms with E-state index in [4.69, 9.17) is 34.8 Å². The Morgan fingerprint density at radius 2 is 1.72 bits per heavy atom. The van der Waals surface area contributed by atoms with Crippen molar-refractivity contribution in [2.45, 2.75) is 51.2 Å². The molecule has 1 aliphatic carbocycles. The van der Waals surface area contributed by atoms with Gasteiger partial charge < -0.3 is 10.2 Å². The lowest BCUT2D eigenvalue weighted by Crippen LogP contribution is -2.52. The van der Waals surface area contributed by atoms with Crippen molar-refractivity contribution in [3.63, 3.8) is 0 Å². The Morgan fingerprint density at radius 1 is 1.08 bits per heavy atom. The minimum atomic E-state index is -3.95. The Hall–Kier alpha value is -1.52. The molecular formula is C24H27BrCl3N3O4S. The lowest BCUT2D eigenvalue weighted by molar-refractivity contribution is -0.139. The number of anilines is 1. The number of rotatable bonds is 9. The van der Waals surface area contributed by atoms with Crippen molar-refractivity contribution in [1.29, 1.82) is 0 Å². The maximum Gasteiger partial charge on any atom is 0.244 e. The summed E-state index contributed by atoms with van der Waals surface area (Å²) in [5.74, 6) is -0.861. The van der Waals surface area contributed by atoms with Gasteiger partial charge in [0.25, 0.3) is 0 Å². The molecule has 2 aromatic rings. The van der Waals surface area contributed by atoms with Crippen LogP contribution < -0.4 is 9.62 Å². The molecule has 1 saturated carbocycles. The van der Waals surface area contributed by atoms with Crippen LogP contribution in [-0.2, 0) is 26.2 Å². The molecule has 0 spiro atoms. The van der Waals surface area contributed by atoms with Crippen LogP contribution in [0.15, 0.2) is 40.9 Å². The fraction of sp³-hybridized carbons (Fsp3) is 0.417. The first-order valence-corrected chi connectivity index (χ1v) is 15.1. The summed E-state index contributed by atoms with van der Waals surface area (Å²) in [6, 6.07) is 9.19. The Balaban J connectivity index is 1.93. The summed E-state index contributed by atoms with van der Waals surface area (Å²) in [6.07, 6.45) is 4.86. The summed E-state index contributed by atoms with van der Waals surface area (Å²) in [4.78, 5) is 28.1. The molecule has 12 heteroatoms. The number of carbonyl (C=O) groups is 2. The highest BCUT2D eigenvalue weighted by atomic mass is 79.9. The fourth-order valence-corrected chi connectivity index (χ4v) is 6.10. The average molecular weight is 640 g/mol. The molecule has 3 rings (SSSR count). The third kappa shape index (κ3) is 7.51. The summed E-state index contributed by atoms with van der Waals surface area (Å²) in [6.45, 7) is 1.16. The lowest BCUT2D eigenvalue weighted by Gasteiger charge is -2.32. The van der Waals surface area contributed by atoms with E-state index in [0.29, 0.717) is 0 Å². The van der Waals surface area contributed by atoms with Gasteiger partial charge in [0.15, 0.2) is 0 Å². The highest BCUT2D eigenvalue weighted by Crippen LogP contribution is 2.35. The zero-order valence-corrected chi connectivity index (χ0v) is 24.5. The van der Waals surface area contributed by atoms with E-state index in [2.05, 4.69) is 21.2 Å². The minimum Gasteiger partial charge on any atom is -0.352 e. The Kier molecular flexibility index (Phi) is 9.96. The molecule has 0 radical (unpaired) electrons. The second-order valence-electron chi connectivity index (χ2n) is 8.80. The number of nitrogens with one attached hydrogen (secondary N) is 1. The second kappa shape index (κ2) is 12.3. The van der Waals surface area contributed by atoms with Crippen LogP contribution >= 0.6 is 50.7 Å². The Bertz CT molecular complexity index is 1240. The van der Waals surface area contributed by atoms with Crippen LogP contribution in [0.1, 0.15) is 38.2 Å². The van der Waals surface area contributed by atoms with E-state index < -0.39 is 28.5 Å². The summed E-state index contributed by atoms with van der Waals surface area (Å²) >= 11 is 21.8. The SMILES string of the molecule is CC(C(=O)NC1CCCC1)N(Cc1cccc(Br)c1)C(=O)CN(c1cc(Cl)c(Cl)cc1Cl)S(C)(=O)=O. The molecule has 1 unspecified atom stereocenters. The van der Waals surface area contributed by atoms with Crippen molar-refractivity contribution >= 4 is 78.3 Å². The highest BCUT2D eigenvalue weighted by molar-refractivity contribution is 9.10. The van der Waals surface area contributed by atoms with E-state index in [1.807, 2.05) is 24.3 Å². The number of halogens is 4. The van der Waals surface area contributed by atoms with E-state index in [0.717, 1.165) is 46.3 Å². The molecule has 0 saturated heterocycles. The van der Waals surface area contributed by atoms with Crippen LogP contribution in [-0.4, -0.2) is 50.0 Å². The predicted octanol–water partition coefficient (Wildman–Crippen LogP) is 5.65. The number of hydrogen-bond acceptors (Lipinski definition) is 4. The second-order valence-corrected chi connectivity index (χ2v) is 12.8. The number of nitrogens with zero attached hydrogens (tertiary/aromatic N) is 2. The zero-order chi connectivity index (χ0) is 26.6. The summed E-state index contributed by atoms with van der Waals surface area (Å²) in [5, 5.41) is 3.29. The molecule has 0 bridgehead atoms. The number of benzene rings is 2. The number of carbonyl (C=O) groups excluding carboxylic acids is 2.